The van der Waals surface area contributed by atoms with Crippen LogP contribution >= 0.6 is 0 Å². The average Bonchev–Trinajstić information content (AvgIpc) is 1.85. The lowest BCUT2D eigenvalue weighted by atomic mass is 9.99. The fourth-order valence-corrected chi connectivity index (χ4v) is 0.958. The Morgan fingerprint density at radius 1 is 1.64 bits per heavy atom. The zero-order chi connectivity index (χ0) is 8.48. The largest absolute Gasteiger partial charge is 0.478 e. The number of hydrogen-bond acceptors (Lipinski definition) is 2. The second-order valence-corrected chi connectivity index (χ2v) is 3.10. The van der Waals surface area contributed by atoms with Crippen molar-refractivity contribution in [2.75, 3.05) is 0 Å². The number of aliphatic carboxylic acids is 1. The van der Waals surface area contributed by atoms with E-state index >= 15 is 0 Å². The molecule has 3 nitrogen and oxygen atoms in total. The van der Waals surface area contributed by atoms with Crippen molar-refractivity contribution < 1.29 is 9.90 Å². The molecule has 0 aromatic rings. The monoisotopic (exact) mass is 153 g/mol. The smallest absolute Gasteiger partial charge is 0.335 e. The van der Waals surface area contributed by atoms with E-state index in [2.05, 4.69) is 5.32 Å². The van der Waals surface area contributed by atoms with E-state index in [1.165, 1.54) is 0 Å². The summed E-state index contributed by atoms with van der Waals surface area (Å²) in [5.41, 5.74) is 0.0939. The van der Waals surface area contributed by atoms with Gasteiger partial charge in [-0.2, -0.15) is 0 Å². The minimum Gasteiger partial charge on any atom is -0.478 e. The lowest BCUT2D eigenvalue weighted by Crippen LogP contribution is -2.35. The molecule has 11 heavy (non-hydrogen) atoms. The van der Waals surface area contributed by atoms with E-state index < -0.39 is 5.97 Å². The van der Waals surface area contributed by atoms with Crippen LogP contribution in [0.25, 0.3) is 0 Å². The first-order valence-electron chi connectivity index (χ1n) is 3.42. The number of rotatable bonds is 1. The van der Waals surface area contributed by atoms with E-state index in [0.717, 1.165) is 0 Å². The second kappa shape index (κ2) is 2.42. The molecule has 60 valence electrons. The van der Waals surface area contributed by atoms with Crippen molar-refractivity contribution in [3.8, 4) is 0 Å². The van der Waals surface area contributed by atoms with Gasteiger partial charge in [-0.05, 0) is 32.2 Å². The zero-order valence-electron chi connectivity index (χ0n) is 6.59. The topological polar surface area (TPSA) is 49.3 Å². The molecule has 3 heteroatoms. The summed E-state index contributed by atoms with van der Waals surface area (Å²) in [7, 11) is 0. The van der Waals surface area contributed by atoms with Crippen molar-refractivity contribution in [2.45, 2.75) is 19.4 Å². The summed E-state index contributed by atoms with van der Waals surface area (Å²) in [4.78, 5) is 10.5. The van der Waals surface area contributed by atoms with Gasteiger partial charge in [0.1, 0.15) is 0 Å². The van der Waals surface area contributed by atoms with E-state index in [4.69, 9.17) is 5.11 Å². The van der Waals surface area contributed by atoms with Crippen molar-refractivity contribution in [3.05, 3.63) is 23.9 Å². The van der Waals surface area contributed by atoms with Crippen molar-refractivity contribution >= 4 is 5.97 Å². The van der Waals surface area contributed by atoms with Crippen molar-refractivity contribution in [3.63, 3.8) is 0 Å². The van der Waals surface area contributed by atoms with E-state index in [9.17, 15) is 4.79 Å². The molecule has 1 heterocycles. The molecular formula is C8H11NO2. The SMILES string of the molecule is CC1(C)C=C(C(=O)O)C=CN1. The van der Waals surface area contributed by atoms with Crippen molar-refractivity contribution in [2.24, 2.45) is 0 Å². The Morgan fingerprint density at radius 3 is 2.64 bits per heavy atom. The van der Waals surface area contributed by atoms with Gasteiger partial charge in [0.15, 0.2) is 0 Å². The number of carbonyl (C=O) groups is 1. The van der Waals surface area contributed by atoms with Gasteiger partial charge in [-0.25, -0.2) is 4.79 Å². The minimum absolute atomic E-state index is 0.248. The molecule has 0 amide bonds. The van der Waals surface area contributed by atoms with Crippen LogP contribution in [0.15, 0.2) is 23.9 Å². The van der Waals surface area contributed by atoms with Gasteiger partial charge in [-0.1, -0.05) is 0 Å². The minimum atomic E-state index is -0.879. The number of carboxylic acids is 1. The van der Waals surface area contributed by atoms with E-state index in [0.29, 0.717) is 5.57 Å². The summed E-state index contributed by atoms with van der Waals surface area (Å²) in [5, 5.41) is 11.6. The molecule has 2 N–H and O–H groups in total. The first-order chi connectivity index (χ1) is 5.01. The number of hydrogen-bond donors (Lipinski definition) is 2. The highest BCUT2D eigenvalue weighted by Crippen LogP contribution is 2.13. The molecule has 0 atom stereocenters. The number of nitrogens with one attached hydrogen (secondary N) is 1. The summed E-state index contributed by atoms with van der Waals surface area (Å²) < 4.78 is 0. The molecule has 1 aliphatic heterocycles. The maximum Gasteiger partial charge on any atom is 0.335 e. The van der Waals surface area contributed by atoms with E-state index in [1.54, 1.807) is 18.4 Å². The fourth-order valence-electron chi connectivity index (χ4n) is 0.958. The van der Waals surface area contributed by atoms with Crippen LogP contribution < -0.4 is 5.32 Å². The van der Waals surface area contributed by atoms with Crippen LogP contribution in [0.4, 0.5) is 0 Å². The molecule has 0 saturated carbocycles. The molecule has 0 unspecified atom stereocenters. The van der Waals surface area contributed by atoms with Crippen LogP contribution in [-0.4, -0.2) is 16.6 Å². The lowest BCUT2D eigenvalue weighted by Gasteiger charge is -2.24. The molecule has 0 bridgehead atoms. The summed E-state index contributed by atoms with van der Waals surface area (Å²) in [6.07, 6.45) is 4.90. The first kappa shape index (κ1) is 7.85. The Labute approximate surface area is 65.4 Å². The first-order valence-corrected chi connectivity index (χ1v) is 3.42. The number of carboxylic acid groups (broad SMARTS) is 1. The van der Waals surface area contributed by atoms with Crippen molar-refractivity contribution in [1.29, 1.82) is 0 Å². The van der Waals surface area contributed by atoms with Gasteiger partial charge in [0.05, 0.1) is 11.1 Å². The van der Waals surface area contributed by atoms with Crippen LogP contribution in [0.5, 0.6) is 0 Å². The highest BCUT2D eigenvalue weighted by Gasteiger charge is 2.18. The van der Waals surface area contributed by atoms with E-state index in [-0.39, 0.29) is 5.54 Å². The molecule has 0 radical (unpaired) electrons. The third-order valence-electron chi connectivity index (χ3n) is 1.48. The van der Waals surface area contributed by atoms with E-state index in [1.807, 2.05) is 13.8 Å². The molecule has 0 aliphatic carbocycles. The fraction of sp³-hybridized carbons (Fsp3) is 0.375. The Balaban J connectivity index is 2.89. The normalized spacial score (nSPS) is 20.4. The van der Waals surface area contributed by atoms with Crippen LogP contribution in [0.3, 0.4) is 0 Å². The van der Waals surface area contributed by atoms with Gasteiger partial charge in [0.2, 0.25) is 0 Å². The Hall–Kier alpha value is -1.25. The summed E-state index contributed by atoms with van der Waals surface area (Å²) in [5.74, 6) is -0.879. The highest BCUT2D eigenvalue weighted by molar-refractivity contribution is 5.90. The van der Waals surface area contributed by atoms with Gasteiger partial charge < -0.3 is 10.4 Å². The maximum absolute atomic E-state index is 10.5. The van der Waals surface area contributed by atoms with Gasteiger partial charge in [-0.15, -0.1) is 0 Å². The molecular weight excluding hydrogens is 142 g/mol. The standard InChI is InChI=1S/C8H11NO2/c1-8(2)5-6(7(10)11)3-4-9-8/h3-5,9H,1-2H3,(H,10,11). The lowest BCUT2D eigenvalue weighted by molar-refractivity contribution is -0.132. The summed E-state index contributed by atoms with van der Waals surface area (Å²) in [6, 6.07) is 0. The molecule has 0 aromatic heterocycles. The third-order valence-corrected chi connectivity index (χ3v) is 1.48. The molecule has 0 saturated heterocycles. The molecule has 0 aromatic carbocycles. The Kier molecular flexibility index (Phi) is 1.72. The molecule has 0 spiro atoms. The third kappa shape index (κ3) is 1.83. The average molecular weight is 153 g/mol. The maximum atomic E-state index is 10.5. The quantitative estimate of drug-likeness (QED) is 0.588. The van der Waals surface area contributed by atoms with Crippen LogP contribution in [0, 0.1) is 0 Å². The van der Waals surface area contributed by atoms with Gasteiger partial charge in [0.25, 0.3) is 0 Å². The summed E-state index contributed by atoms with van der Waals surface area (Å²) in [6.45, 7) is 3.83. The predicted octanol–water partition coefficient (Wildman–Crippen LogP) is 0.893. The summed E-state index contributed by atoms with van der Waals surface area (Å²) >= 11 is 0. The highest BCUT2D eigenvalue weighted by atomic mass is 16.4. The van der Waals surface area contributed by atoms with Crippen LogP contribution in [0.1, 0.15) is 13.8 Å². The Bertz CT molecular complexity index is 238. The second-order valence-electron chi connectivity index (χ2n) is 3.10. The van der Waals surface area contributed by atoms with Crippen LogP contribution in [-0.2, 0) is 4.79 Å². The zero-order valence-corrected chi connectivity index (χ0v) is 6.59. The van der Waals surface area contributed by atoms with Crippen molar-refractivity contribution in [1.82, 2.24) is 5.32 Å². The van der Waals surface area contributed by atoms with Gasteiger partial charge >= 0.3 is 5.97 Å². The van der Waals surface area contributed by atoms with Gasteiger partial charge in [0, 0.05) is 0 Å². The Morgan fingerprint density at radius 2 is 2.27 bits per heavy atom. The predicted molar refractivity (Wildman–Crippen MR) is 42.1 cm³/mol. The molecule has 1 aliphatic rings. The number of dihydropyridines is 1. The van der Waals surface area contributed by atoms with Gasteiger partial charge in [-0.3, -0.25) is 0 Å². The molecule has 1 rings (SSSR count). The van der Waals surface area contributed by atoms with Crippen LogP contribution in [0.2, 0.25) is 0 Å². The molecule has 0 fully saturated rings.